The van der Waals surface area contributed by atoms with Gasteiger partial charge in [-0.1, -0.05) is 23.7 Å². The van der Waals surface area contributed by atoms with E-state index in [-0.39, 0.29) is 11.9 Å². The lowest BCUT2D eigenvalue weighted by atomic mass is 10.1. The van der Waals surface area contributed by atoms with E-state index in [4.69, 9.17) is 16.0 Å². The number of carbonyl (C=O) groups excluding carboxylic acids is 1. The third-order valence-corrected chi connectivity index (χ3v) is 4.82. The van der Waals surface area contributed by atoms with Gasteiger partial charge < -0.3 is 9.32 Å². The Labute approximate surface area is 156 Å². The zero-order valence-electron chi connectivity index (χ0n) is 14.1. The van der Waals surface area contributed by atoms with Gasteiger partial charge in [0, 0.05) is 30.4 Å². The Bertz CT molecular complexity index is 893. The molecular formula is C20H18ClN3O2. The minimum atomic E-state index is -0.123. The molecule has 5 nitrogen and oxygen atoms in total. The lowest BCUT2D eigenvalue weighted by molar-refractivity contribution is 0.0714. The van der Waals surface area contributed by atoms with Crippen molar-refractivity contribution >= 4 is 17.5 Å². The number of hydrogen-bond donors (Lipinski definition) is 0. The van der Waals surface area contributed by atoms with Gasteiger partial charge in [-0.15, -0.1) is 0 Å². The summed E-state index contributed by atoms with van der Waals surface area (Å²) in [5, 5.41) is 0.711. The second-order valence-electron chi connectivity index (χ2n) is 6.37. The summed E-state index contributed by atoms with van der Waals surface area (Å²) in [7, 11) is 0. The molecule has 1 aliphatic rings. The van der Waals surface area contributed by atoms with Gasteiger partial charge in [-0.25, -0.2) is 4.98 Å². The maximum Gasteiger partial charge on any atom is 0.256 e. The van der Waals surface area contributed by atoms with E-state index in [1.54, 1.807) is 30.7 Å². The molecule has 26 heavy (non-hydrogen) atoms. The van der Waals surface area contributed by atoms with Crippen LogP contribution < -0.4 is 0 Å². The number of hydrogen-bond acceptors (Lipinski definition) is 4. The van der Waals surface area contributed by atoms with Crippen LogP contribution in [-0.2, 0) is 6.42 Å². The molecule has 6 heteroatoms. The fraction of sp³-hybridized carbons (Fsp3) is 0.250. The summed E-state index contributed by atoms with van der Waals surface area (Å²) in [6.07, 6.45) is 7.44. The topological polar surface area (TPSA) is 59.2 Å². The van der Waals surface area contributed by atoms with Gasteiger partial charge in [-0.3, -0.25) is 9.78 Å². The van der Waals surface area contributed by atoms with E-state index in [0.29, 0.717) is 29.4 Å². The number of likely N-dealkylation sites (tertiary alicyclic amines) is 1. The van der Waals surface area contributed by atoms with E-state index >= 15 is 0 Å². The Balaban J connectivity index is 1.51. The van der Waals surface area contributed by atoms with Gasteiger partial charge in [0.2, 0.25) is 5.89 Å². The first-order valence-corrected chi connectivity index (χ1v) is 8.98. The van der Waals surface area contributed by atoms with Crippen LogP contribution in [0.4, 0.5) is 0 Å². The second-order valence-corrected chi connectivity index (χ2v) is 6.80. The lowest BCUT2D eigenvalue weighted by Gasteiger charge is -2.22. The van der Waals surface area contributed by atoms with Crippen molar-refractivity contribution in [2.24, 2.45) is 0 Å². The van der Waals surface area contributed by atoms with Crippen LogP contribution in [0.15, 0.2) is 59.4 Å². The number of halogens is 1. The van der Waals surface area contributed by atoms with Gasteiger partial charge in [0.05, 0.1) is 11.8 Å². The minimum Gasteiger partial charge on any atom is -0.443 e. The van der Waals surface area contributed by atoms with Crippen LogP contribution in [0.3, 0.4) is 0 Å². The molecule has 1 atom stereocenters. The smallest absolute Gasteiger partial charge is 0.256 e. The van der Waals surface area contributed by atoms with Crippen molar-refractivity contribution in [2.45, 2.75) is 25.3 Å². The van der Waals surface area contributed by atoms with Crippen LogP contribution >= 0.6 is 11.6 Å². The van der Waals surface area contributed by atoms with Crippen LogP contribution in [0.5, 0.6) is 0 Å². The SMILES string of the molecule is O=C(c1cccnc1)N1CCC[C@@H]1c1ncc(Cc2ccc(Cl)cc2)o1. The second kappa shape index (κ2) is 7.30. The summed E-state index contributed by atoms with van der Waals surface area (Å²) in [5.74, 6) is 1.35. The molecule has 0 aliphatic carbocycles. The van der Waals surface area contributed by atoms with Gasteiger partial charge in [0.15, 0.2) is 0 Å². The number of aromatic nitrogens is 2. The van der Waals surface area contributed by atoms with E-state index in [1.165, 1.54) is 0 Å². The van der Waals surface area contributed by atoms with Crippen LogP contribution in [0.25, 0.3) is 0 Å². The fourth-order valence-corrected chi connectivity index (χ4v) is 3.41. The summed E-state index contributed by atoms with van der Waals surface area (Å²) in [6, 6.07) is 11.1. The number of amides is 1. The maximum atomic E-state index is 12.8. The molecule has 1 fully saturated rings. The molecule has 3 aromatic rings. The number of rotatable bonds is 4. The van der Waals surface area contributed by atoms with Crippen molar-refractivity contribution in [3.05, 3.63) is 82.8 Å². The summed E-state index contributed by atoms with van der Waals surface area (Å²) in [5.41, 5.74) is 1.69. The highest BCUT2D eigenvalue weighted by atomic mass is 35.5. The van der Waals surface area contributed by atoms with E-state index < -0.39 is 0 Å². The van der Waals surface area contributed by atoms with Crippen molar-refractivity contribution in [3.63, 3.8) is 0 Å². The van der Waals surface area contributed by atoms with Crippen molar-refractivity contribution < 1.29 is 9.21 Å². The largest absolute Gasteiger partial charge is 0.443 e. The summed E-state index contributed by atoms with van der Waals surface area (Å²) in [6.45, 7) is 0.702. The van der Waals surface area contributed by atoms with Gasteiger partial charge in [0.1, 0.15) is 11.8 Å². The van der Waals surface area contributed by atoms with Crippen molar-refractivity contribution in [1.29, 1.82) is 0 Å². The number of benzene rings is 1. The minimum absolute atomic E-state index is 0.0296. The van der Waals surface area contributed by atoms with E-state index in [2.05, 4.69) is 9.97 Å². The van der Waals surface area contributed by atoms with Crippen LogP contribution in [-0.4, -0.2) is 27.3 Å². The molecule has 0 unspecified atom stereocenters. The number of carbonyl (C=O) groups is 1. The normalized spacial score (nSPS) is 16.8. The molecule has 4 rings (SSSR count). The molecule has 0 saturated carbocycles. The van der Waals surface area contributed by atoms with Crippen molar-refractivity contribution in [1.82, 2.24) is 14.9 Å². The third kappa shape index (κ3) is 3.48. The molecule has 132 valence electrons. The Kier molecular flexibility index (Phi) is 4.71. The summed E-state index contributed by atoms with van der Waals surface area (Å²) >= 11 is 5.92. The zero-order valence-corrected chi connectivity index (χ0v) is 14.9. The molecule has 2 aromatic heterocycles. The number of pyridine rings is 1. The highest BCUT2D eigenvalue weighted by molar-refractivity contribution is 6.30. The average molecular weight is 368 g/mol. The summed E-state index contributed by atoms with van der Waals surface area (Å²) < 4.78 is 5.96. The molecule has 1 amide bonds. The van der Waals surface area contributed by atoms with E-state index in [1.807, 2.05) is 29.2 Å². The Morgan fingerprint density at radius 1 is 1.23 bits per heavy atom. The first-order chi connectivity index (χ1) is 12.7. The molecule has 3 heterocycles. The zero-order chi connectivity index (χ0) is 17.9. The van der Waals surface area contributed by atoms with Crippen LogP contribution in [0.1, 0.15) is 46.5 Å². The van der Waals surface area contributed by atoms with E-state index in [0.717, 1.165) is 24.2 Å². The predicted octanol–water partition coefficient (Wildman–Crippen LogP) is 4.29. The number of nitrogens with zero attached hydrogens (tertiary/aromatic N) is 3. The fourth-order valence-electron chi connectivity index (χ4n) is 3.28. The monoisotopic (exact) mass is 367 g/mol. The molecule has 0 spiro atoms. The Hall–Kier alpha value is -2.66. The third-order valence-electron chi connectivity index (χ3n) is 4.57. The lowest BCUT2D eigenvalue weighted by Crippen LogP contribution is -2.30. The maximum absolute atomic E-state index is 12.8. The first-order valence-electron chi connectivity index (χ1n) is 8.61. The summed E-state index contributed by atoms with van der Waals surface area (Å²) in [4.78, 5) is 23.1. The molecule has 0 radical (unpaired) electrons. The molecule has 0 N–H and O–H groups in total. The molecule has 0 bridgehead atoms. The highest BCUT2D eigenvalue weighted by Gasteiger charge is 2.33. The predicted molar refractivity (Wildman–Crippen MR) is 98.0 cm³/mol. The van der Waals surface area contributed by atoms with Crippen molar-refractivity contribution in [2.75, 3.05) is 6.54 Å². The Morgan fingerprint density at radius 2 is 2.08 bits per heavy atom. The highest BCUT2D eigenvalue weighted by Crippen LogP contribution is 2.33. The molecular weight excluding hydrogens is 350 g/mol. The molecule has 1 saturated heterocycles. The van der Waals surface area contributed by atoms with Gasteiger partial charge >= 0.3 is 0 Å². The quantitative estimate of drug-likeness (QED) is 0.690. The van der Waals surface area contributed by atoms with Crippen LogP contribution in [0.2, 0.25) is 5.02 Å². The average Bonchev–Trinajstić information content (AvgIpc) is 3.33. The standard InChI is InChI=1S/C20H18ClN3O2/c21-16-7-5-14(6-8-16)11-17-13-23-19(26-17)18-4-2-10-24(18)20(25)15-3-1-9-22-12-15/h1,3,5-9,12-13,18H,2,4,10-11H2/t18-/m1/s1. The van der Waals surface area contributed by atoms with Gasteiger partial charge in [-0.05, 0) is 42.7 Å². The number of oxazole rings is 1. The first kappa shape index (κ1) is 16.8. The van der Waals surface area contributed by atoms with E-state index in [9.17, 15) is 4.79 Å². The van der Waals surface area contributed by atoms with Crippen molar-refractivity contribution in [3.8, 4) is 0 Å². The van der Waals surface area contributed by atoms with Gasteiger partial charge in [-0.2, -0.15) is 0 Å². The molecule has 1 aliphatic heterocycles. The van der Waals surface area contributed by atoms with Gasteiger partial charge in [0.25, 0.3) is 5.91 Å². The molecule has 1 aromatic carbocycles. The van der Waals surface area contributed by atoms with Crippen LogP contribution in [0, 0.1) is 0 Å². The Morgan fingerprint density at radius 3 is 2.85 bits per heavy atom.